The van der Waals surface area contributed by atoms with Crippen LogP contribution in [-0.4, -0.2) is 28.9 Å². The molecule has 1 unspecified atom stereocenters. The highest BCUT2D eigenvalue weighted by atomic mass is 79.9. The highest BCUT2D eigenvalue weighted by molar-refractivity contribution is 9.10. The Morgan fingerprint density at radius 2 is 2.35 bits per heavy atom. The Morgan fingerprint density at radius 1 is 1.48 bits per heavy atom. The summed E-state index contributed by atoms with van der Waals surface area (Å²) in [5.41, 5.74) is 0. The molecule has 0 aliphatic carbocycles. The van der Waals surface area contributed by atoms with Gasteiger partial charge in [-0.05, 0) is 58.9 Å². The van der Waals surface area contributed by atoms with Crippen LogP contribution in [0.15, 0.2) is 34.2 Å². The molecule has 1 amide bonds. The zero-order chi connectivity index (χ0) is 16.2. The fraction of sp³-hybridized carbons (Fsp3) is 0.375. The van der Waals surface area contributed by atoms with Crippen LogP contribution >= 0.6 is 38.9 Å². The smallest absolute Gasteiger partial charge is 0.229 e. The lowest BCUT2D eigenvalue weighted by molar-refractivity contribution is -0.121. The third kappa shape index (κ3) is 4.53. The molecular weight excluding hydrogens is 398 g/mol. The van der Waals surface area contributed by atoms with E-state index in [1.807, 2.05) is 0 Å². The van der Waals surface area contributed by atoms with E-state index in [0.29, 0.717) is 10.8 Å². The lowest BCUT2D eigenvalue weighted by Gasteiger charge is -2.31. The van der Waals surface area contributed by atoms with Gasteiger partial charge in [-0.2, -0.15) is 0 Å². The summed E-state index contributed by atoms with van der Waals surface area (Å²) in [6.45, 7) is 2.71. The summed E-state index contributed by atoms with van der Waals surface area (Å²) in [4.78, 5) is 20.2. The molecule has 0 spiro atoms. The number of carbonyl (C=O) groups excluding carboxylic acids is 1. The molecule has 2 aromatic rings. The van der Waals surface area contributed by atoms with Gasteiger partial charge in [0, 0.05) is 28.6 Å². The number of anilines is 1. The molecule has 122 valence electrons. The average Bonchev–Trinajstić information content (AvgIpc) is 2.95. The summed E-state index contributed by atoms with van der Waals surface area (Å²) >= 11 is 11.1. The lowest BCUT2D eigenvalue weighted by atomic mass is 9.97. The molecule has 0 radical (unpaired) electrons. The molecule has 0 bridgehead atoms. The van der Waals surface area contributed by atoms with Crippen LogP contribution in [0.5, 0.6) is 0 Å². The number of likely N-dealkylation sites (tertiary alicyclic amines) is 1. The van der Waals surface area contributed by atoms with Crippen molar-refractivity contribution in [1.29, 1.82) is 0 Å². The number of rotatable bonds is 4. The van der Waals surface area contributed by atoms with Gasteiger partial charge in [-0.3, -0.25) is 9.69 Å². The first-order valence-electron chi connectivity index (χ1n) is 7.48. The Kier molecular flexibility index (Phi) is 5.69. The molecule has 3 heterocycles. The van der Waals surface area contributed by atoms with Crippen molar-refractivity contribution in [3.8, 4) is 0 Å². The number of halogens is 2. The number of hydrogen-bond donors (Lipinski definition) is 1. The van der Waals surface area contributed by atoms with E-state index in [2.05, 4.69) is 42.6 Å². The number of aromatic nitrogens is 1. The number of hydrogen-bond acceptors (Lipinski definition) is 4. The summed E-state index contributed by atoms with van der Waals surface area (Å²) in [5, 5.41) is 5.53. The number of nitrogens with zero attached hydrogens (tertiary/aromatic N) is 2. The Hall–Kier alpha value is -0.950. The summed E-state index contributed by atoms with van der Waals surface area (Å²) in [6.07, 6.45) is 3.50. The van der Waals surface area contributed by atoms with Gasteiger partial charge < -0.3 is 5.32 Å². The van der Waals surface area contributed by atoms with Gasteiger partial charge in [-0.1, -0.05) is 11.6 Å². The second-order valence-corrected chi connectivity index (χ2v) is 7.91. The molecule has 1 saturated heterocycles. The molecule has 1 atom stereocenters. The minimum Gasteiger partial charge on any atom is -0.310 e. The number of nitrogens with one attached hydrogen (secondary N) is 1. The van der Waals surface area contributed by atoms with Crippen LogP contribution in [0, 0.1) is 5.92 Å². The number of pyridine rings is 1. The molecule has 1 fully saturated rings. The van der Waals surface area contributed by atoms with Crippen molar-refractivity contribution in [2.75, 3.05) is 18.4 Å². The number of carbonyl (C=O) groups is 1. The molecule has 0 saturated carbocycles. The first-order chi connectivity index (χ1) is 11.1. The predicted octanol–water partition coefficient (Wildman–Crippen LogP) is 4.41. The van der Waals surface area contributed by atoms with Crippen LogP contribution in [0.1, 0.15) is 17.7 Å². The van der Waals surface area contributed by atoms with Gasteiger partial charge in [0.05, 0.1) is 10.9 Å². The molecule has 2 aromatic heterocycles. The van der Waals surface area contributed by atoms with E-state index < -0.39 is 0 Å². The maximum atomic E-state index is 12.4. The summed E-state index contributed by atoms with van der Waals surface area (Å²) < 4.78 is 1.15. The topological polar surface area (TPSA) is 45.2 Å². The second-order valence-electron chi connectivity index (χ2n) is 5.62. The monoisotopic (exact) mass is 413 g/mol. The van der Waals surface area contributed by atoms with Crippen molar-refractivity contribution in [3.05, 3.63) is 44.1 Å². The first-order valence-corrected chi connectivity index (χ1v) is 9.53. The zero-order valence-corrected chi connectivity index (χ0v) is 15.6. The largest absolute Gasteiger partial charge is 0.310 e. The highest BCUT2D eigenvalue weighted by Crippen LogP contribution is 2.27. The molecular formula is C16H17BrClN3OS. The van der Waals surface area contributed by atoms with Gasteiger partial charge in [-0.25, -0.2) is 4.98 Å². The van der Waals surface area contributed by atoms with Crippen molar-refractivity contribution in [3.63, 3.8) is 0 Å². The normalized spacial score (nSPS) is 18.8. The van der Waals surface area contributed by atoms with Crippen molar-refractivity contribution in [2.45, 2.75) is 19.4 Å². The van der Waals surface area contributed by atoms with Gasteiger partial charge >= 0.3 is 0 Å². The van der Waals surface area contributed by atoms with E-state index >= 15 is 0 Å². The molecule has 1 N–H and O–H groups in total. The molecule has 4 nitrogen and oxygen atoms in total. The van der Waals surface area contributed by atoms with Crippen LogP contribution in [0.2, 0.25) is 5.02 Å². The third-order valence-electron chi connectivity index (χ3n) is 3.91. The first kappa shape index (κ1) is 16.9. The fourth-order valence-corrected chi connectivity index (χ4v) is 4.36. The van der Waals surface area contributed by atoms with Crippen molar-refractivity contribution < 1.29 is 4.79 Å². The maximum Gasteiger partial charge on any atom is 0.229 e. The van der Waals surface area contributed by atoms with Gasteiger partial charge in [0.25, 0.3) is 0 Å². The summed E-state index contributed by atoms with van der Waals surface area (Å²) in [7, 11) is 0. The van der Waals surface area contributed by atoms with E-state index in [-0.39, 0.29) is 11.8 Å². The van der Waals surface area contributed by atoms with E-state index in [1.54, 1.807) is 29.7 Å². The Morgan fingerprint density at radius 3 is 3.04 bits per heavy atom. The van der Waals surface area contributed by atoms with E-state index in [4.69, 9.17) is 11.6 Å². The second kappa shape index (κ2) is 7.75. The number of amides is 1. The standard InChI is InChI=1S/C16H17BrClN3OS/c17-13-5-7-23-14(13)10-21-6-1-2-11(9-21)16(22)20-15-4-3-12(18)8-19-15/h3-5,7-8,11H,1-2,6,9-10H2,(H,19,20,22). The number of thiophene rings is 1. The van der Waals surface area contributed by atoms with Crippen LogP contribution in [0.25, 0.3) is 0 Å². The summed E-state index contributed by atoms with van der Waals surface area (Å²) in [6, 6.07) is 5.52. The SMILES string of the molecule is O=C(Nc1ccc(Cl)cn1)C1CCCN(Cc2sccc2Br)C1. The average molecular weight is 415 g/mol. The maximum absolute atomic E-state index is 12.4. The minimum atomic E-state index is -0.0000317. The van der Waals surface area contributed by atoms with Crippen molar-refractivity contribution in [1.82, 2.24) is 9.88 Å². The van der Waals surface area contributed by atoms with Crippen molar-refractivity contribution >= 4 is 50.6 Å². The Labute approximate surface area is 153 Å². The van der Waals surface area contributed by atoms with Crippen LogP contribution in [0.3, 0.4) is 0 Å². The van der Waals surface area contributed by atoms with Crippen LogP contribution < -0.4 is 5.32 Å². The molecule has 1 aliphatic heterocycles. The fourth-order valence-electron chi connectivity index (χ4n) is 2.73. The minimum absolute atomic E-state index is 0.0000317. The van der Waals surface area contributed by atoms with Gasteiger partial charge in [0.1, 0.15) is 5.82 Å². The lowest BCUT2D eigenvalue weighted by Crippen LogP contribution is -2.40. The number of piperidine rings is 1. The van der Waals surface area contributed by atoms with Crippen molar-refractivity contribution in [2.24, 2.45) is 5.92 Å². The third-order valence-corrected chi connectivity index (χ3v) is 6.05. The van der Waals surface area contributed by atoms with E-state index in [9.17, 15) is 4.79 Å². The zero-order valence-electron chi connectivity index (χ0n) is 12.5. The van der Waals surface area contributed by atoms with Gasteiger partial charge in [0.15, 0.2) is 0 Å². The molecule has 3 rings (SSSR count). The molecule has 7 heteroatoms. The molecule has 1 aliphatic rings. The quantitative estimate of drug-likeness (QED) is 0.806. The van der Waals surface area contributed by atoms with E-state index in [1.165, 1.54) is 4.88 Å². The molecule has 23 heavy (non-hydrogen) atoms. The van der Waals surface area contributed by atoms with Gasteiger partial charge in [-0.15, -0.1) is 11.3 Å². The Balaban J connectivity index is 1.58. The predicted molar refractivity (Wildman–Crippen MR) is 97.9 cm³/mol. The summed E-state index contributed by atoms with van der Waals surface area (Å²) in [5.74, 6) is 0.590. The van der Waals surface area contributed by atoms with E-state index in [0.717, 1.165) is 36.9 Å². The van der Waals surface area contributed by atoms with Crippen LogP contribution in [-0.2, 0) is 11.3 Å². The Bertz CT molecular complexity index is 676. The molecule has 0 aromatic carbocycles. The van der Waals surface area contributed by atoms with Gasteiger partial charge in [0.2, 0.25) is 5.91 Å². The van der Waals surface area contributed by atoms with Crippen LogP contribution in [0.4, 0.5) is 5.82 Å². The highest BCUT2D eigenvalue weighted by Gasteiger charge is 2.26.